The molecule has 4 nitrogen and oxygen atoms in total. The Kier molecular flexibility index (Phi) is 7.15. The fraction of sp³-hybridized carbons (Fsp3) is 0.292. The molecule has 0 aliphatic carbocycles. The number of pyridine rings is 1. The van der Waals surface area contributed by atoms with Gasteiger partial charge >= 0.3 is 0 Å². The summed E-state index contributed by atoms with van der Waals surface area (Å²) in [6, 6.07) is 18.2. The predicted molar refractivity (Wildman–Crippen MR) is 123 cm³/mol. The van der Waals surface area contributed by atoms with Crippen LogP contribution >= 0.6 is 12.2 Å². The molecule has 0 amide bonds. The number of thiocarbonyl (C=S) groups is 1. The molecule has 0 atom stereocenters. The monoisotopic (exact) mass is 403 g/mol. The zero-order chi connectivity index (χ0) is 20.6. The summed E-state index contributed by atoms with van der Waals surface area (Å²) in [6.07, 6.45) is 2.45. The average Bonchev–Trinajstić information content (AvgIpc) is 2.73. The summed E-state index contributed by atoms with van der Waals surface area (Å²) >= 11 is 5.59. The van der Waals surface area contributed by atoms with E-state index in [2.05, 4.69) is 22.4 Å². The van der Waals surface area contributed by atoms with Crippen molar-refractivity contribution in [2.75, 3.05) is 18.5 Å². The third kappa shape index (κ3) is 5.30. The van der Waals surface area contributed by atoms with Gasteiger partial charge in [-0.25, -0.2) is 4.98 Å². The molecule has 0 spiro atoms. The number of aromatic nitrogens is 1. The minimum atomic E-state index is 0.566. The molecule has 5 heteroatoms. The summed E-state index contributed by atoms with van der Waals surface area (Å²) in [5, 5.41) is 13.8. The molecule has 29 heavy (non-hydrogen) atoms. The van der Waals surface area contributed by atoms with Gasteiger partial charge in [-0.1, -0.05) is 48.6 Å². The van der Waals surface area contributed by atoms with Crippen LogP contribution in [-0.4, -0.2) is 23.0 Å². The van der Waals surface area contributed by atoms with E-state index in [1.165, 1.54) is 0 Å². The van der Waals surface area contributed by atoms with Crippen molar-refractivity contribution in [2.24, 2.45) is 0 Å². The van der Waals surface area contributed by atoms with Crippen molar-refractivity contribution < 1.29 is 4.74 Å². The smallest absolute Gasteiger partial charge is 0.144 e. The molecule has 0 bridgehead atoms. The second kappa shape index (κ2) is 9.99. The molecule has 0 aliphatic heterocycles. The maximum atomic E-state index is 9.46. The SMILES string of the molecule is CCOc1ccccc1CC(=S)CCCNc1nc2c(C)cccc2cc1C#N. The van der Waals surface area contributed by atoms with Crippen LogP contribution < -0.4 is 10.1 Å². The quantitative estimate of drug-likeness (QED) is 0.371. The molecule has 0 saturated carbocycles. The average molecular weight is 404 g/mol. The van der Waals surface area contributed by atoms with Crippen LogP contribution in [0.5, 0.6) is 5.75 Å². The largest absolute Gasteiger partial charge is 0.494 e. The molecule has 0 saturated heterocycles. The molecule has 1 N–H and O–H groups in total. The van der Waals surface area contributed by atoms with Crippen molar-refractivity contribution >= 4 is 33.8 Å². The van der Waals surface area contributed by atoms with E-state index < -0.39 is 0 Å². The number of anilines is 1. The van der Waals surface area contributed by atoms with Crippen molar-refractivity contribution in [1.82, 2.24) is 4.98 Å². The number of nitrogens with one attached hydrogen (secondary N) is 1. The first-order valence-electron chi connectivity index (χ1n) is 9.89. The van der Waals surface area contributed by atoms with Gasteiger partial charge in [0.1, 0.15) is 17.6 Å². The highest BCUT2D eigenvalue weighted by atomic mass is 32.1. The van der Waals surface area contributed by atoms with Gasteiger partial charge in [0.25, 0.3) is 0 Å². The Balaban J connectivity index is 1.57. The van der Waals surface area contributed by atoms with E-state index in [4.69, 9.17) is 17.0 Å². The minimum absolute atomic E-state index is 0.566. The van der Waals surface area contributed by atoms with Crippen molar-refractivity contribution in [3.63, 3.8) is 0 Å². The predicted octanol–water partition coefficient (Wildman–Crippen LogP) is 5.62. The number of ether oxygens (including phenoxy) is 1. The molecule has 0 fully saturated rings. The Hall–Kier alpha value is -2.97. The van der Waals surface area contributed by atoms with Gasteiger partial charge in [-0.05, 0) is 54.8 Å². The van der Waals surface area contributed by atoms with E-state index in [9.17, 15) is 5.26 Å². The van der Waals surface area contributed by atoms with Gasteiger partial charge in [0.15, 0.2) is 0 Å². The Morgan fingerprint density at radius 2 is 2.03 bits per heavy atom. The molecule has 1 heterocycles. The minimum Gasteiger partial charge on any atom is -0.494 e. The molecule has 148 valence electrons. The molecular formula is C24H25N3OS. The van der Waals surface area contributed by atoms with Crippen LogP contribution in [0.1, 0.15) is 36.5 Å². The zero-order valence-corrected chi connectivity index (χ0v) is 17.7. The third-order valence-corrected chi connectivity index (χ3v) is 5.10. The molecule has 3 aromatic rings. The summed E-state index contributed by atoms with van der Waals surface area (Å²) in [7, 11) is 0. The van der Waals surface area contributed by atoms with E-state index in [0.717, 1.165) is 51.9 Å². The summed E-state index contributed by atoms with van der Waals surface area (Å²) in [5.41, 5.74) is 3.73. The van der Waals surface area contributed by atoms with Crippen molar-refractivity contribution in [3.8, 4) is 11.8 Å². The molecule has 0 unspecified atom stereocenters. The van der Waals surface area contributed by atoms with Crippen LogP contribution in [-0.2, 0) is 6.42 Å². The van der Waals surface area contributed by atoms with Crippen LogP contribution in [0.2, 0.25) is 0 Å². The van der Waals surface area contributed by atoms with Gasteiger partial charge in [0.2, 0.25) is 0 Å². The summed E-state index contributed by atoms with van der Waals surface area (Å²) < 4.78 is 5.68. The number of hydrogen-bond donors (Lipinski definition) is 1. The van der Waals surface area contributed by atoms with E-state index in [0.29, 0.717) is 24.5 Å². The number of fused-ring (bicyclic) bond motifs is 1. The number of benzene rings is 2. The van der Waals surface area contributed by atoms with E-state index >= 15 is 0 Å². The van der Waals surface area contributed by atoms with Crippen LogP contribution in [0.15, 0.2) is 48.5 Å². The fourth-order valence-corrected chi connectivity index (χ4v) is 3.61. The lowest BCUT2D eigenvalue weighted by Gasteiger charge is -2.12. The van der Waals surface area contributed by atoms with E-state index in [1.807, 2.05) is 56.3 Å². The zero-order valence-electron chi connectivity index (χ0n) is 16.9. The number of hydrogen-bond acceptors (Lipinski definition) is 5. The normalized spacial score (nSPS) is 10.5. The number of rotatable bonds is 9. The van der Waals surface area contributed by atoms with Crippen LogP contribution in [0.4, 0.5) is 5.82 Å². The first-order chi connectivity index (χ1) is 14.1. The van der Waals surface area contributed by atoms with Crippen LogP contribution in [0.3, 0.4) is 0 Å². The summed E-state index contributed by atoms with van der Waals surface area (Å²) in [5.74, 6) is 1.55. The molecule has 1 aromatic heterocycles. The Labute approximate surface area is 177 Å². The van der Waals surface area contributed by atoms with E-state index in [1.54, 1.807) is 0 Å². The van der Waals surface area contributed by atoms with Gasteiger partial charge < -0.3 is 10.1 Å². The molecule has 3 rings (SSSR count). The van der Waals surface area contributed by atoms with Crippen molar-refractivity contribution in [2.45, 2.75) is 33.1 Å². The van der Waals surface area contributed by atoms with Gasteiger partial charge in [0.05, 0.1) is 17.7 Å². The van der Waals surface area contributed by atoms with E-state index in [-0.39, 0.29) is 0 Å². The van der Waals surface area contributed by atoms with Gasteiger partial charge in [0, 0.05) is 18.4 Å². The van der Waals surface area contributed by atoms with Crippen LogP contribution in [0, 0.1) is 18.3 Å². The maximum absolute atomic E-state index is 9.46. The lowest BCUT2D eigenvalue weighted by molar-refractivity contribution is 0.337. The lowest BCUT2D eigenvalue weighted by atomic mass is 10.1. The van der Waals surface area contributed by atoms with Crippen molar-refractivity contribution in [1.29, 1.82) is 5.26 Å². The first kappa shape index (κ1) is 20.8. The molecule has 0 radical (unpaired) electrons. The number of aryl methyl sites for hydroxylation is 1. The van der Waals surface area contributed by atoms with Gasteiger partial charge in [-0.3, -0.25) is 0 Å². The first-order valence-corrected chi connectivity index (χ1v) is 10.3. The highest BCUT2D eigenvalue weighted by Crippen LogP contribution is 2.23. The fourth-order valence-electron chi connectivity index (χ4n) is 3.31. The molecule has 2 aromatic carbocycles. The Morgan fingerprint density at radius 1 is 1.21 bits per heavy atom. The number of para-hydroxylation sites is 2. The summed E-state index contributed by atoms with van der Waals surface area (Å²) in [6.45, 7) is 5.38. The third-order valence-electron chi connectivity index (χ3n) is 4.75. The lowest BCUT2D eigenvalue weighted by Crippen LogP contribution is -2.09. The second-order valence-corrected chi connectivity index (χ2v) is 7.51. The standard InChI is InChI=1S/C24H25N3OS/c1-3-28-22-12-5-4-9-18(22)15-21(29)11-7-13-26-24-20(16-25)14-19-10-6-8-17(2)23(19)27-24/h4-6,8-10,12,14H,3,7,11,13,15H2,1-2H3,(H,26,27). The number of nitrogens with zero attached hydrogens (tertiary/aromatic N) is 2. The summed E-state index contributed by atoms with van der Waals surface area (Å²) in [4.78, 5) is 5.68. The Morgan fingerprint density at radius 3 is 2.83 bits per heavy atom. The van der Waals surface area contributed by atoms with Gasteiger partial charge in [-0.15, -0.1) is 0 Å². The number of nitriles is 1. The van der Waals surface area contributed by atoms with Crippen molar-refractivity contribution in [3.05, 3.63) is 65.2 Å². The van der Waals surface area contributed by atoms with Crippen LogP contribution in [0.25, 0.3) is 10.9 Å². The second-order valence-electron chi connectivity index (χ2n) is 6.93. The topological polar surface area (TPSA) is 57.9 Å². The maximum Gasteiger partial charge on any atom is 0.144 e. The highest BCUT2D eigenvalue weighted by molar-refractivity contribution is 7.80. The highest BCUT2D eigenvalue weighted by Gasteiger charge is 2.09. The van der Waals surface area contributed by atoms with Gasteiger partial charge in [-0.2, -0.15) is 5.26 Å². The molecular weight excluding hydrogens is 378 g/mol. The molecule has 0 aliphatic rings. The Bertz CT molecular complexity index is 1060.